The summed E-state index contributed by atoms with van der Waals surface area (Å²) >= 11 is 1.00. The fraction of sp³-hybridized carbons (Fsp3) is 0.222. The van der Waals surface area contributed by atoms with Gasteiger partial charge in [0.15, 0.2) is 10.6 Å². The highest BCUT2D eigenvalue weighted by atomic mass is 32.1. The predicted molar refractivity (Wildman–Crippen MR) is 136 cm³/mol. The summed E-state index contributed by atoms with van der Waals surface area (Å²) < 4.78 is 15.9. The molecule has 0 fully saturated rings. The zero-order valence-corrected chi connectivity index (χ0v) is 21.3. The number of rotatable bonds is 5. The number of ether oxygens (including phenoxy) is 2. The van der Waals surface area contributed by atoms with Crippen molar-refractivity contribution in [2.24, 2.45) is 0 Å². The number of fused-ring (bicyclic) bond motifs is 2. The highest BCUT2D eigenvalue weighted by Crippen LogP contribution is 2.43. The van der Waals surface area contributed by atoms with Gasteiger partial charge in [-0.25, -0.2) is 14.6 Å². The third-order valence-electron chi connectivity index (χ3n) is 6.13. The molecule has 2 aromatic heterocycles. The number of aromatic nitrogens is 1. The first-order valence-corrected chi connectivity index (χ1v) is 12.3. The summed E-state index contributed by atoms with van der Waals surface area (Å²) in [5, 5.41) is 0.575. The lowest BCUT2D eigenvalue weighted by atomic mass is 9.97. The van der Waals surface area contributed by atoms with Gasteiger partial charge in [0.2, 0.25) is 5.76 Å². The minimum Gasteiger partial charge on any atom is -0.465 e. The van der Waals surface area contributed by atoms with Gasteiger partial charge in [0.1, 0.15) is 10.5 Å². The molecule has 1 aliphatic rings. The van der Waals surface area contributed by atoms with Gasteiger partial charge >= 0.3 is 11.9 Å². The van der Waals surface area contributed by atoms with Gasteiger partial charge in [-0.1, -0.05) is 35.1 Å². The molecule has 0 bridgehead atoms. The maximum absolute atomic E-state index is 13.8. The number of amides is 1. The molecule has 1 unspecified atom stereocenters. The minimum atomic E-state index is -0.893. The van der Waals surface area contributed by atoms with Gasteiger partial charge in [-0.3, -0.25) is 14.5 Å². The van der Waals surface area contributed by atoms with Crippen LogP contribution in [0.25, 0.3) is 11.0 Å². The molecule has 1 amide bonds. The van der Waals surface area contributed by atoms with Crippen molar-refractivity contribution in [1.29, 1.82) is 0 Å². The van der Waals surface area contributed by atoms with Gasteiger partial charge in [0.05, 0.1) is 42.0 Å². The Morgan fingerprint density at radius 3 is 2.49 bits per heavy atom. The van der Waals surface area contributed by atoms with E-state index < -0.39 is 23.9 Å². The summed E-state index contributed by atoms with van der Waals surface area (Å²) in [4.78, 5) is 58.0. The van der Waals surface area contributed by atoms with E-state index in [4.69, 9.17) is 13.9 Å². The number of esters is 2. The Kier molecular flexibility index (Phi) is 6.12. The second-order valence-electron chi connectivity index (χ2n) is 8.50. The largest absolute Gasteiger partial charge is 0.465 e. The number of anilines is 1. The number of thiazole rings is 1. The topological polar surface area (TPSA) is 116 Å². The van der Waals surface area contributed by atoms with E-state index in [2.05, 4.69) is 4.98 Å². The second-order valence-corrected chi connectivity index (χ2v) is 9.47. The quantitative estimate of drug-likeness (QED) is 0.353. The van der Waals surface area contributed by atoms with Crippen LogP contribution >= 0.6 is 11.3 Å². The standard InChI is InChI=1S/C27H22N2O7S/c1-5-35-26(33)23-14(3)28-27(37-23)29-20(15-7-9-16(10-8-15)25(32)34-4)19-21(30)17-12-13(2)6-11-18(17)36-22(19)24(29)31/h6-12,20H,5H2,1-4H3. The number of carbonyl (C=O) groups excluding carboxylic acids is 3. The fourth-order valence-corrected chi connectivity index (χ4v) is 5.38. The summed E-state index contributed by atoms with van der Waals surface area (Å²) in [5.41, 5.74) is 2.28. The molecule has 0 saturated heterocycles. The van der Waals surface area contributed by atoms with Crippen LogP contribution in [0.4, 0.5) is 5.13 Å². The van der Waals surface area contributed by atoms with Crippen LogP contribution in [0.3, 0.4) is 0 Å². The Bertz CT molecular complexity index is 1640. The van der Waals surface area contributed by atoms with Crippen molar-refractivity contribution in [3.63, 3.8) is 0 Å². The summed E-state index contributed by atoms with van der Waals surface area (Å²) in [6, 6.07) is 10.7. The van der Waals surface area contributed by atoms with Crippen molar-refractivity contribution >= 4 is 45.3 Å². The molecule has 1 atom stereocenters. The van der Waals surface area contributed by atoms with Crippen LogP contribution in [-0.2, 0) is 9.47 Å². The molecule has 0 radical (unpaired) electrons. The molecule has 2 aromatic carbocycles. The SMILES string of the molecule is CCOC(=O)c1sc(N2C(=O)c3oc4ccc(C)cc4c(=O)c3C2c2ccc(C(=O)OC)cc2)nc1C. The number of aryl methyl sites for hydroxylation is 2. The lowest BCUT2D eigenvalue weighted by Crippen LogP contribution is -2.29. The Morgan fingerprint density at radius 2 is 1.81 bits per heavy atom. The van der Waals surface area contributed by atoms with Gasteiger partial charge in [-0.2, -0.15) is 0 Å². The van der Waals surface area contributed by atoms with Crippen molar-refractivity contribution in [3.05, 3.63) is 91.3 Å². The Hall–Kier alpha value is -4.31. The van der Waals surface area contributed by atoms with Crippen LogP contribution in [0.2, 0.25) is 0 Å². The highest BCUT2D eigenvalue weighted by Gasteiger charge is 2.45. The van der Waals surface area contributed by atoms with Crippen LogP contribution in [-0.4, -0.2) is 36.5 Å². The third-order valence-corrected chi connectivity index (χ3v) is 7.26. The molecule has 4 aromatic rings. The van der Waals surface area contributed by atoms with Gasteiger partial charge in [0.25, 0.3) is 5.91 Å². The second kappa shape index (κ2) is 9.29. The van der Waals surface area contributed by atoms with Gasteiger partial charge in [0, 0.05) is 0 Å². The molecule has 10 heteroatoms. The van der Waals surface area contributed by atoms with E-state index in [1.54, 1.807) is 56.3 Å². The van der Waals surface area contributed by atoms with E-state index >= 15 is 0 Å². The molecule has 0 spiro atoms. The highest BCUT2D eigenvalue weighted by molar-refractivity contribution is 7.17. The van der Waals surface area contributed by atoms with Crippen molar-refractivity contribution in [3.8, 4) is 0 Å². The van der Waals surface area contributed by atoms with Crippen LogP contribution in [0.5, 0.6) is 0 Å². The number of methoxy groups -OCH3 is 1. The molecular formula is C27H22N2O7S. The molecule has 3 heterocycles. The molecule has 37 heavy (non-hydrogen) atoms. The van der Waals surface area contributed by atoms with E-state index in [0.717, 1.165) is 16.9 Å². The fourth-order valence-electron chi connectivity index (χ4n) is 4.39. The average molecular weight is 519 g/mol. The summed E-state index contributed by atoms with van der Waals surface area (Å²) in [6.45, 7) is 5.41. The Morgan fingerprint density at radius 1 is 1.08 bits per heavy atom. The first-order chi connectivity index (χ1) is 17.7. The van der Waals surface area contributed by atoms with Crippen LogP contribution in [0.15, 0.2) is 51.7 Å². The number of benzene rings is 2. The summed E-state index contributed by atoms with van der Waals surface area (Å²) in [7, 11) is 1.29. The molecule has 0 saturated carbocycles. The van der Waals surface area contributed by atoms with Gasteiger partial charge in [-0.15, -0.1) is 0 Å². The predicted octanol–water partition coefficient (Wildman–Crippen LogP) is 4.58. The Labute approximate surface area is 215 Å². The average Bonchev–Trinajstić information content (AvgIpc) is 3.41. The molecule has 188 valence electrons. The summed E-state index contributed by atoms with van der Waals surface area (Å²) in [6.07, 6.45) is 0. The first kappa shape index (κ1) is 24.4. The normalized spacial score (nSPS) is 14.6. The van der Waals surface area contributed by atoms with Crippen molar-refractivity contribution in [2.45, 2.75) is 26.8 Å². The molecule has 5 rings (SSSR count). The molecule has 9 nitrogen and oxygen atoms in total. The van der Waals surface area contributed by atoms with Gasteiger partial charge in [-0.05, 0) is 50.6 Å². The molecule has 0 N–H and O–H groups in total. The number of nitrogens with zero attached hydrogens (tertiary/aromatic N) is 2. The van der Waals surface area contributed by atoms with Crippen molar-refractivity contribution in [1.82, 2.24) is 4.98 Å². The van der Waals surface area contributed by atoms with E-state index in [-0.39, 0.29) is 33.4 Å². The van der Waals surface area contributed by atoms with E-state index in [1.165, 1.54) is 12.0 Å². The molecule has 1 aliphatic heterocycles. The Balaban J connectivity index is 1.73. The zero-order valence-electron chi connectivity index (χ0n) is 20.5. The third kappa shape index (κ3) is 3.99. The number of carbonyl (C=O) groups is 3. The number of hydrogen-bond donors (Lipinski definition) is 0. The summed E-state index contributed by atoms with van der Waals surface area (Å²) in [5.74, 6) is -1.70. The lowest BCUT2D eigenvalue weighted by Gasteiger charge is -2.22. The lowest BCUT2D eigenvalue weighted by molar-refractivity contribution is 0.0529. The van der Waals surface area contributed by atoms with Crippen LogP contribution in [0.1, 0.15) is 65.9 Å². The molecular weight excluding hydrogens is 496 g/mol. The number of hydrogen-bond acceptors (Lipinski definition) is 9. The van der Waals surface area contributed by atoms with Gasteiger partial charge < -0.3 is 13.9 Å². The van der Waals surface area contributed by atoms with Crippen LogP contribution in [0, 0.1) is 13.8 Å². The monoisotopic (exact) mass is 518 g/mol. The van der Waals surface area contributed by atoms with E-state index in [9.17, 15) is 19.2 Å². The zero-order chi connectivity index (χ0) is 26.4. The van der Waals surface area contributed by atoms with Crippen LogP contribution < -0.4 is 10.3 Å². The molecule has 0 aliphatic carbocycles. The maximum atomic E-state index is 13.8. The maximum Gasteiger partial charge on any atom is 0.350 e. The van der Waals surface area contributed by atoms with E-state index in [0.29, 0.717) is 27.8 Å². The van der Waals surface area contributed by atoms with Crippen molar-refractivity contribution < 1.29 is 28.3 Å². The first-order valence-electron chi connectivity index (χ1n) is 11.5. The minimum absolute atomic E-state index is 0.0889. The smallest absolute Gasteiger partial charge is 0.350 e. The van der Waals surface area contributed by atoms with E-state index in [1.807, 2.05) is 6.92 Å². The van der Waals surface area contributed by atoms with Crippen molar-refractivity contribution in [2.75, 3.05) is 18.6 Å².